The van der Waals surface area contributed by atoms with Gasteiger partial charge in [-0.1, -0.05) is 25.1 Å². The van der Waals surface area contributed by atoms with E-state index in [1.165, 1.54) is 5.56 Å². The molecule has 2 aliphatic heterocycles. The zero-order chi connectivity index (χ0) is 16.1. The lowest BCUT2D eigenvalue weighted by Crippen LogP contribution is -2.33. The zero-order valence-corrected chi connectivity index (χ0v) is 14.0. The first-order chi connectivity index (χ1) is 11.3. The molecular weight excluding hydrogens is 290 g/mol. The highest BCUT2D eigenvalue weighted by molar-refractivity contribution is 5.94. The standard InChI is InChI=1S/C19H27NO3/c1-15-5-4-11-20(18-7-3-2-6-17(15)18)19(21)10-14-23-16-8-12-22-13-9-16/h2-3,6-7,15-16H,4-5,8-14H2,1H3. The van der Waals surface area contributed by atoms with Crippen LogP contribution in [-0.2, 0) is 14.3 Å². The highest BCUT2D eigenvalue weighted by atomic mass is 16.5. The lowest BCUT2D eigenvalue weighted by Gasteiger charge is -2.25. The molecule has 0 aromatic heterocycles. The number of para-hydroxylation sites is 1. The van der Waals surface area contributed by atoms with Crippen molar-refractivity contribution < 1.29 is 14.3 Å². The second-order valence-electron chi connectivity index (χ2n) is 6.58. The van der Waals surface area contributed by atoms with Crippen LogP contribution >= 0.6 is 0 Å². The highest BCUT2D eigenvalue weighted by Gasteiger charge is 2.24. The van der Waals surface area contributed by atoms with Gasteiger partial charge in [-0.25, -0.2) is 0 Å². The Labute approximate surface area is 138 Å². The molecule has 0 aliphatic carbocycles. The zero-order valence-electron chi connectivity index (χ0n) is 14.0. The summed E-state index contributed by atoms with van der Waals surface area (Å²) in [6, 6.07) is 8.33. The summed E-state index contributed by atoms with van der Waals surface area (Å²) in [5, 5.41) is 0. The fourth-order valence-corrected chi connectivity index (χ4v) is 3.53. The molecule has 0 radical (unpaired) electrons. The van der Waals surface area contributed by atoms with Gasteiger partial charge in [-0.15, -0.1) is 0 Å². The second kappa shape index (κ2) is 7.93. The Kier molecular flexibility index (Phi) is 5.68. The molecule has 1 unspecified atom stereocenters. The van der Waals surface area contributed by atoms with Crippen LogP contribution in [0, 0.1) is 0 Å². The van der Waals surface area contributed by atoms with Gasteiger partial charge in [0.15, 0.2) is 0 Å². The van der Waals surface area contributed by atoms with E-state index in [1.54, 1.807) is 0 Å². The summed E-state index contributed by atoms with van der Waals surface area (Å²) in [6.45, 7) is 5.13. The summed E-state index contributed by atoms with van der Waals surface area (Å²) in [4.78, 5) is 14.6. The first kappa shape index (κ1) is 16.5. The maximum absolute atomic E-state index is 12.7. The third-order valence-electron chi connectivity index (χ3n) is 4.92. The normalized spacial score (nSPS) is 22.5. The molecule has 23 heavy (non-hydrogen) atoms. The van der Waals surface area contributed by atoms with E-state index in [-0.39, 0.29) is 12.0 Å². The molecule has 1 fully saturated rings. The summed E-state index contributed by atoms with van der Waals surface area (Å²) < 4.78 is 11.2. The van der Waals surface area contributed by atoms with Crippen molar-refractivity contribution in [1.29, 1.82) is 0 Å². The van der Waals surface area contributed by atoms with E-state index in [2.05, 4.69) is 25.1 Å². The Bertz CT molecular complexity index is 525. The van der Waals surface area contributed by atoms with Gasteiger partial charge in [-0.3, -0.25) is 4.79 Å². The highest BCUT2D eigenvalue weighted by Crippen LogP contribution is 2.34. The van der Waals surface area contributed by atoms with E-state index in [9.17, 15) is 4.79 Å². The molecule has 1 saturated heterocycles. The van der Waals surface area contributed by atoms with Crippen molar-refractivity contribution in [2.24, 2.45) is 0 Å². The number of nitrogens with zero attached hydrogens (tertiary/aromatic N) is 1. The van der Waals surface area contributed by atoms with Crippen LogP contribution in [-0.4, -0.2) is 38.4 Å². The minimum atomic E-state index is 0.179. The first-order valence-corrected chi connectivity index (χ1v) is 8.84. The van der Waals surface area contributed by atoms with Gasteiger partial charge >= 0.3 is 0 Å². The van der Waals surface area contributed by atoms with Crippen molar-refractivity contribution in [2.75, 3.05) is 31.3 Å². The third-order valence-corrected chi connectivity index (χ3v) is 4.92. The predicted molar refractivity (Wildman–Crippen MR) is 90.9 cm³/mol. The molecule has 0 saturated carbocycles. The van der Waals surface area contributed by atoms with Crippen LogP contribution in [0.1, 0.15) is 50.5 Å². The van der Waals surface area contributed by atoms with Gasteiger partial charge in [0, 0.05) is 25.4 Å². The number of ether oxygens (including phenoxy) is 2. The quantitative estimate of drug-likeness (QED) is 0.853. The number of rotatable bonds is 4. The molecule has 2 aliphatic rings. The molecule has 0 bridgehead atoms. The average molecular weight is 317 g/mol. The molecule has 1 atom stereocenters. The average Bonchev–Trinajstić information content (AvgIpc) is 2.75. The van der Waals surface area contributed by atoms with Crippen LogP contribution in [0.15, 0.2) is 24.3 Å². The fraction of sp³-hybridized carbons (Fsp3) is 0.632. The lowest BCUT2D eigenvalue weighted by atomic mass is 9.96. The summed E-state index contributed by atoms with van der Waals surface area (Å²) >= 11 is 0. The SMILES string of the molecule is CC1CCCN(C(=O)CCOC2CCOCC2)c2ccccc21. The topological polar surface area (TPSA) is 38.8 Å². The minimum absolute atomic E-state index is 0.179. The van der Waals surface area contributed by atoms with E-state index in [1.807, 2.05) is 11.0 Å². The van der Waals surface area contributed by atoms with Crippen molar-refractivity contribution in [1.82, 2.24) is 0 Å². The Hall–Kier alpha value is -1.39. The predicted octanol–water partition coefficient (Wildman–Crippen LogP) is 3.50. The van der Waals surface area contributed by atoms with Gasteiger partial charge in [0.05, 0.1) is 19.1 Å². The van der Waals surface area contributed by atoms with Crippen LogP contribution in [0.5, 0.6) is 0 Å². The van der Waals surface area contributed by atoms with E-state index >= 15 is 0 Å². The maximum atomic E-state index is 12.7. The van der Waals surface area contributed by atoms with E-state index in [4.69, 9.17) is 9.47 Å². The van der Waals surface area contributed by atoms with E-state index in [0.29, 0.717) is 18.9 Å². The molecule has 0 spiro atoms. The van der Waals surface area contributed by atoms with Crippen molar-refractivity contribution >= 4 is 11.6 Å². The van der Waals surface area contributed by atoms with Crippen molar-refractivity contribution in [3.05, 3.63) is 29.8 Å². The van der Waals surface area contributed by atoms with Crippen LogP contribution in [0.4, 0.5) is 5.69 Å². The molecule has 2 heterocycles. The third kappa shape index (κ3) is 4.12. The molecule has 0 N–H and O–H groups in total. The number of carbonyl (C=O) groups is 1. The largest absolute Gasteiger partial charge is 0.381 e. The summed E-state index contributed by atoms with van der Waals surface area (Å²) in [6.07, 6.45) is 4.80. The van der Waals surface area contributed by atoms with Gasteiger partial charge in [0.1, 0.15) is 0 Å². The Balaban J connectivity index is 1.59. The smallest absolute Gasteiger partial charge is 0.229 e. The Morgan fingerprint density at radius 3 is 2.87 bits per heavy atom. The molecule has 126 valence electrons. The number of fused-ring (bicyclic) bond motifs is 1. The van der Waals surface area contributed by atoms with Crippen LogP contribution in [0.3, 0.4) is 0 Å². The molecular formula is C19H27NO3. The van der Waals surface area contributed by atoms with Gasteiger partial charge in [0.25, 0.3) is 0 Å². The van der Waals surface area contributed by atoms with E-state index in [0.717, 1.165) is 51.1 Å². The fourth-order valence-electron chi connectivity index (χ4n) is 3.53. The molecule has 4 nitrogen and oxygen atoms in total. The Morgan fingerprint density at radius 2 is 2.04 bits per heavy atom. The summed E-state index contributed by atoms with van der Waals surface area (Å²) in [5.41, 5.74) is 2.39. The number of hydrogen-bond donors (Lipinski definition) is 0. The van der Waals surface area contributed by atoms with Gasteiger partial charge in [-0.05, 0) is 43.2 Å². The summed E-state index contributed by atoms with van der Waals surface area (Å²) in [5.74, 6) is 0.695. The van der Waals surface area contributed by atoms with Crippen molar-refractivity contribution in [3.63, 3.8) is 0 Å². The number of benzene rings is 1. The van der Waals surface area contributed by atoms with Crippen molar-refractivity contribution in [2.45, 2.75) is 51.0 Å². The number of hydrogen-bond acceptors (Lipinski definition) is 3. The molecule has 1 aromatic rings. The van der Waals surface area contributed by atoms with Crippen LogP contribution < -0.4 is 4.90 Å². The van der Waals surface area contributed by atoms with Gasteiger partial charge < -0.3 is 14.4 Å². The lowest BCUT2D eigenvalue weighted by molar-refractivity contribution is -0.120. The number of anilines is 1. The Morgan fingerprint density at radius 1 is 1.26 bits per heavy atom. The summed E-state index contributed by atoms with van der Waals surface area (Å²) in [7, 11) is 0. The number of amides is 1. The van der Waals surface area contributed by atoms with E-state index < -0.39 is 0 Å². The van der Waals surface area contributed by atoms with Crippen LogP contribution in [0.25, 0.3) is 0 Å². The monoisotopic (exact) mass is 317 g/mol. The molecule has 4 heteroatoms. The van der Waals surface area contributed by atoms with Gasteiger partial charge in [0.2, 0.25) is 5.91 Å². The van der Waals surface area contributed by atoms with Gasteiger partial charge in [-0.2, -0.15) is 0 Å². The first-order valence-electron chi connectivity index (χ1n) is 8.84. The molecule has 1 aromatic carbocycles. The molecule has 3 rings (SSSR count). The van der Waals surface area contributed by atoms with Crippen molar-refractivity contribution in [3.8, 4) is 0 Å². The minimum Gasteiger partial charge on any atom is -0.381 e. The second-order valence-corrected chi connectivity index (χ2v) is 6.58. The number of carbonyl (C=O) groups excluding carboxylic acids is 1. The molecule has 1 amide bonds. The maximum Gasteiger partial charge on any atom is 0.229 e. The van der Waals surface area contributed by atoms with Crippen LogP contribution in [0.2, 0.25) is 0 Å².